The van der Waals surface area contributed by atoms with Gasteiger partial charge in [0.2, 0.25) is 10.4 Å². The van der Waals surface area contributed by atoms with E-state index >= 15 is 0 Å². The van der Waals surface area contributed by atoms with E-state index in [1.165, 1.54) is 0 Å². The molecule has 7 nitrogen and oxygen atoms in total. The second kappa shape index (κ2) is 5.91. The molecule has 0 amide bonds. The molecule has 0 atom stereocenters. The van der Waals surface area contributed by atoms with Crippen LogP contribution in [0.4, 0.5) is 11.5 Å². The third-order valence-electron chi connectivity index (χ3n) is 2.80. The number of hydrogen-bond acceptors (Lipinski definition) is 5. The average Bonchev–Trinajstić information content (AvgIpc) is 2.75. The molecule has 0 unspecified atom stereocenters. The van der Waals surface area contributed by atoms with Gasteiger partial charge in [0.05, 0.1) is 18.6 Å². The summed E-state index contributed by atoms with van der Waals surface area (Å²) in [5.74, 6) is 1.12. The van der Waals surface area contributed by atoms with Gasteiger partial charge in [-0.1, -0.05) is 12.1 Å². The summed E-state index contributed by atoms with van der Waals surface area (Å²) in [5, 5.41) is 18.0. The minimum absolute atomic E-state index is 0.0685. The monoisotopic (exact) mass is 340 g/mol. The van der Waals surface area contributed by atoms with Gasteiger partial charge >= 0.3 is 5.69 Å². The maximum absolute atomic E-state index is 11.0. The zero-order chi connectivity index (χ0) is 14.7. The number of anilines is 1. The Hall–Kier alpha value is -2.09. The Morgan fingerprint density at radius 3 is 2.60 bits per heavy atom. The van der Waals surface area contributed by atoms with Gasteiger partial charge in [-0.2, -0.15) is 5.10 Å². The summed E-state index contributed by atoms with van der Waals surface area (Å²) in [7, 11) is 3.23. The van der Waals surface area contributed by atoms with Gasteiger partial charge in [0.15, 0.2) is 0 Å². The van der Waals surface area contributed by atoms with Crippen LogP contribution in [0.15, 0.2) is 28.9 Å². The lowest BCUT2D eigenvalue weighted by Crippen LogP contribution is -2.07. The van der Waals surface area contributed by atoms with Crippen LogP contribution in [0.5, 0.6) is 5.75 Å². The first-order valence-electron chi connectivity index (χ1n) is 5.78. The maximum atomic E-state index is 11.0. The molecular formula is C12H13BrN4O3. The summed E-state index contributed by atoms with van der Waals surface area (Å²) >= 11 is 3.11. The third kappa shape index (κ3) is 2.74. The molecule has 8 heteroatoms. The number of halogens is 1. The third-order valence-corrected chi connectivity index (χ3v) is 3.33. The number of rotatable bonds is 5. The lowest BCUT2D eigenvalue weighted by Gasteiger charge is -2.07. The van der Waals surface area contributed by atoms with Gasteiger partial charge in [-0.15, -0.1) is 0 Å². The molecule has 0 aliphatic heterocycles. The first-order valence-corrected chi connectivity index (χ1v) is 6.57. The van der Waals surface area contributed by atoms with E-state index in [-0.39, 0.29) is 10.3 Å². The fraction of sp³-hybridized carbons (Fsp3) is 0.250. The second-order valence-electron chi connectivity index (χ2n) is 4.00. The van der Waals surface area contributed by atoms with Gasteiger partial charge in [-0.05, 0) is 33.6 Å². The standard InChI is InChI=1S/C12H13BrN4O3/c1-14-12-10(17(18)19)11(13)15-16(12)7-8-3-5-9(20-2)6-4-8/h3-6,14H,7H2,1-2H3. The van der Waals surface area contributed by atoms with Crippen LogP contribution >= 0.6 is 15.9 Å². The Bertz CT molecular complexity index is 624. The van der Waals surface area contributed by atoms with Crippen LogP contribution in [0, 0.1) is 10.1 Å². The van der Waals surface area contributed by atoms with E-state index in [9.17, 15) is 10.1 Å². The van der Waals surface area contributed by atoms with Crippen LogP contribution in [-0.4, -0.2) is 28.9 Å². The fourth-order valence-corrected chi connectivity index (χ4v) is 2.37. The molecule has 20 heavy (non-hydrogen) atoms. The van der Waals surface area contributed by atoms with Crippen molar-refractivity contribution in [2.24, 2.45) is 0 Å². The van der Waals surface area contributed by atoms with Crippen molar-refractivity contribution in [3.8, 4) is 5.75 Å². The molecule has 0 bridgehead atoms. The van der Waals surface area contributed by atoms with Crippen molar-refractivity contribution in [1.29, 1.82) is 0 Å². The number of methoxy groups -OCH3 is 1. The van der Waals surface area contributed by atoms with Crippen molar-refractivity contribution < 1.29 is 9.66 Å². The minimum Gasteiger partial charge on any atom is -0.497 e. The number of ether oxygens (including phenoxy) is 1. The summed E-state index contributed by atoms with van der Waals surface area (Å²) in [5.41, 5.74) is 0.896. The highest BCUT2D eigenvalue weighted by molar-refractivity contribution is 9.10. The van der Waals surface area contributed by atoms with Gasteiger partial charge < -0.3 is 10.1 Å². The van der Waals surface area contributed by atoms with E-state index in [0.29, 0.717) is 12.4 Å². The van der Waals surface area contributed by atoms with Crippen LogP contribution in [0.25, 0.3) is 0 Å². The van der Waals surface area contributed by atoms with E-state index in [2.05, 4.69) is 26.3 Å². The molecule has 1 heterocycles. The lowest BCUT2D eigenvalue weighted by atomic mass is 10.2. The largest absolute Gasteiger partial charge is 0.497 e. The Labute approximate surface area is 123 Å². The van der Waals surface area contributed by atoms with E-state index < -0.39 is 4.92 Å². The van der Waals surface area contributed by atoms with Crippen molar-refractivity contribution in [2.75, 3.05) is 19.5 Å². The summed E-state index contributed by atoms with van der Waals surface area (Å²) in [6.07, 6.45) is 0. The van der Waals surface area contributed by atoms with E-state index in [1.807, 2.05) is 24.3 Å². The summed E-state index contributed by atoms with van der Waals surface area (Å²) in [6, 6.07) is 7.45. The highest BCUT2D eigenvalue weighted by Gasteiger charge is 2.25. The summed E-state index contributed by atoms with van der Waals surface area (Å²) < 4.78 is 6.84. The number of nitro groups is 1. The quantitative estimate of drug-likeness (QED) is 0.668. The Morgan fingerprint density at radius 1 is 1.45 bits per heavy atom. The molecule has 0 saturated carbocycles. The lowest BCUT2D eigenvalue weighted by molar-refractivity contribution is -0.384. The molecule has 106 valence electrons. The maximum Gasteiger partial charge on any atom is 0.345 e. The van der Waals surface area contributed by atoms with E-state index in [1.54, 1.807) is 18.8 Å². The number of benzene rings is 1. The molecule has 0 radical (unpaired) electrons. The molecule has 0 fully saturated rings. The predicted molar refractivity (Wildman–Crippen MR) is 78.2 cm³/mol. The minimum atomic E-state index is -0.465. The highest BCUT2D eigenvalue weighted by Crippen LogP contribution is 2.32. The van der Waals surface area contributed by atoms with Gasteiger partial charge in [0.25, 0.3) is 0 Å². The smallest absolute Gasteiger partial charge is 0.345 e. The van der Waals surface area contributed by atoms with Gasteiger partial charge in [0, 0.05) is 7.05 Å². The predicted octanol–water partition coefficient (Wildman–Crippen LogP) is 2.65. The zero-order valence-electron chi connectivity index (χ0n) is 11.0. The molecule has 2 aromatic rings. The Morgan fingerprint density at radius 2 is 2.10 bits per heavy atom. The fourth-order valence-electron chi connectivity index (χ4n) is 1.85. The Kier molecular flexibility index (Phi) is 4.23. The van der Waals surface area contributed by atoms with Crippen molar-refractivity contribution in [3.63, 3.8) is 0 Å². The molecule has 0 spiro atoms. The normalized spacial score (nSPS) is 10.3. The van der Waals surface area contributed by atoms with Gasteiger partial charge in [-0.3, -0.25) is 10.1 Å². The molecule has 1 aromatic heterocycles. The first kappa shape index (κ1) is 14.3. The average molecular weight is 341 g/mol. The SMILES string of the molecule is CNc1c([N+](=O)[O-])c(Br)nn1Cc1ccc(OC)cc1. The second-order valence-corrected chi connectivity index (χ2v) is 4.75. The van der Waals surface area contributed by atoms with Crippen molar-refractivity contribution in [3.05, 3.63) is 44.5 Å². The van der Waals surface area contributed by atoms with Crippen LogP contribution in [-0.2, 0) is 6.54 Å². The van der Waals surface area contributed by atoms with Crippen LogP contribution in [0.2, 0.25) is 0 Å². The molecule has 0 aliphatic rings. The van der Waals surface area contributed by atoms with E-state index in [0.717, 1.165) is 11.3 Å². The Balaban J connectivity index is 2.33. The van der Waals surface area contributed by atoms with Gasteiger partial charge in [0.1, 0.15) is 5.75 Å². The van der Waals surface area contributed by atoms with Crippen molar-refractivity contribution >= 4 is 27.4 Å². The number of nitrogens with one attached hydrogen (secondary N) is 1. The molecular weight excluding hydrogens is 328 g/mol. The molecule has 0 saturated heterocycles. The molecule has 1 aromatic carbocycles. The van der Waals surface area contributed by atoms with Crippen LogP contribution < -0.4 is 10.1 Å². The van der Waals surface area contributed by atoms with Crippen LogP contribution in [0.1, 0.15) is 5.56 Å². The molecule has 1 N–H and O–H groups in total. The summed E-state index contributed by atoms with van der Waals surface area (Å²) in [6.45, 7) is 0.423. The highest BCUT2D eigenvalue weighted by atomic mass is 79.9. The van der Waals surface area contributed by atoms with E-state index in [4.69, 9.17) is 4.74 Å². The molecule has 2 rings (SSSR count). The van der Waals surface area contributed by atoms with Crippen molar-refractivity contribution in [1.82, 2.24) is 9.78 Å². The molecule has 0 aliphatic carbocycles. The first-order chi connectivity index (χ1) is 9.56. The number of hydrogen-bond donors (Lipinski definition) is 1. The number of nitrogens with zero attached hydrogens (tertiary/aromatic N) is 3. The van der Waals surface area contributed by atoms with Crippen LogP contribution in [0.3, 0.4) is 0 Å². The number of aromatic nitrogens is 2. The van der Waals surface area contributed by atoms with Crippen molar-refractivity contribution in [2.45, 2.75) is 6.54 Å². The zero-order valence-corrected chi connectivity index (χ0v) is 12.5. The topological polar surface area (TPSA) is 82.2 Å². The van der Waals surface area contributed by atoms with Gasteiger partial charge in [-0.25, -0.2) is 4.68 Å². The summed E-state index contributed by atoms with van der Waals surface area (Å²) in [4.78, 5) is 10.6.